The lowest BCUT2D eigenvalue weighted by Crippen LogP contribution is -2.52. The van der Waals surface area contributed by atoms with Gasteiger partial charge < -0.3 is 8.97 Å². The second-order valence-electron chi connectivity index (χ2n) is 4.82. The summed E-state index contributed by atoms with van der Waals surface area (Å²) < 4.78 is 8.43. The van der Waals surface area contributed by atoms with Crippen molar-refractivity contribution >= 4 is 17.2 Å². The highest BCUT2D eigenvalue weighted by molar-refractivity contribution is 6.83. The average Bonchev–Trinajstić information content (AvgIpc) is 2.47. The number of nitrogens with zero attached hydrogens (tertiary/aromatic N) is 1. The van der Waals surface area contributed by atoms with E-state index >= 15 is 0 Å². The van der Waals surface area contributed by atoms with E-state index in [1.807, 2.05) is 0 Å². The Labute approximate surface area is 85.0 Å². The summed E-state index contributed by atoms with van der Waals surface area (Å²) >= 11 is 0. The van der Waals surface area contributed by atoms with Crippen molar-refractivity contribution < 1.29 is 4.74 Å². The van der Waals surface area contributed by atoms with Gasteiger partial charge in [0.05, 0.1) is 6.23 Å². The number of hydrogen-bond acceptors (Lipinski definition) is 2. The Morgan fingerprint density at radius 3 is 2.62 bits per heavy atom. The molecule has 4 heteroatoms. The lowest BCUT2D eigenvalue weighted by molar-refractivity contribution is 0.187. The molecule has 1 aliphatic rings. The normalized spacial score (nSPS) is 25.4. The van der Waals surface area contributed by atoms with Crippen molar-refractivity contribution in [3.63, 3.8) is 0 Å². The first-order chi connectivity index (χ1) is 6.05. The lowest BCUT2D eigenvalue weighted by Gasteiger charge is -2.34. The van der Waals surface area contributed by atoms with Gasteiger partial charge in [-0.1, -0.05) is 19.6 Å². The highest BCUT2D eigenvalue weighted by Crippen LogP contribution is 2.22. The van der Waals surface area contributed by atoms with E-state index in [0.717, 1.165) is 12.8 Å². The number of hydrogen-bond donors (Lipinski definition) is 0. The molecule has 1 saturated heterocycles. The zero-order valence-corrected chi connectivity index (χ0v) is 11.6. The highest BCUT2D eigenvalue weighted by Gasteiger charge is 2.34. The Bertz CT molecular complexity index is 158. The SMILES string of the molecule is CCOC[SiH]1CCCN1[Si](C)(C)C. The molecule has 0 spiro atoms. The van der Waals surface area contributed by atoms with Gasteiger partial charge in [-0.3, -0.25) is 0 Å². The van der Waals surface area contributed by atoms with Crippen molar-refractivity contribution in [2.75, 3.05) is 19.4 Å². The minimum absolute atomic E-state index is 0.666. The largest absolute Gasteiger partial charge is 0.384 e. The molecule has 13 heavy (non-hydrogen) atoms. The van der Waals surface area contributed by atoms with Gasteiger partial charge in [-0.25, -0.2) is 0 Å². The Balaban J connectivity index is 2.44. The Kier molecular flexibility index (Phi) is 4.16. The monoisotopic (exact) mass is 217 g/mol. The van der Waals surface area contributed by atoms with Crippen LogP contribution in [0.2, 0.25) is 25.7 Å². The van der Waals surface area contributed by atoms with Crippen molar-refractivity contribution in [1.29, 1.82) is 0 Å². The van der Waals surface area contributed by atoms with Crippen LogP contribution >= 0.6 is 0 Å². The molecule has 2 nitrogen and oxygen atoms in total. The van der Waals surface area contributed by atoms with Crippen LogP contribution in [0, 0.1) is 0 Å². The van der Waals surface area contributed by atoms with Gasteiger partial charge in [-0.15, -0.1) is 0 Å². The van der Waals surface area contributed by atoms with E-state index in [1.165, 1.54) is 19.0 Å². The zero-order chi connectivity index (χ0) is 9.90. The molecule has 1 atom stereocenters. The predicted molar refractivity (Wildman–Crippen MR) is 63.1 cm³/mol. The summed E-state index contributed by atoms with van der Waals surface area (Å²) in [6.45, 7) is 11.7. The molecule has 0 amide bonds. The molecule has 0 N–H and O–H groups in total. The second kappa shape index (κ2) is 4.73. The van der Waals surface area contributed by atoms with Gasteiger partial charge >= 0.3 is 0 Å². The molecule has 1 heterocycles. The molecule has 0 saturated carbocycles. The first kappa shape index (κ1) is 11.4. The molecule has 78 valence electrons. The fraction of sp³-hybridized carbons (Fsp3) is 1.00. The third-order valence-electron chi connectivity index (χ3n) is 2.75. The summed E-state index contributed by atoms with van der Waals surface area (Å²) in [4.78, 5) is 0. The maximum Gasteiger partial charge on any atom is 0.132 e. The average molecular weight is 217 g/mol. The van der Waals surface area contributed by atoms with Gasteiger partial charge in [0.25, 0.3) is 0 Å². The van der Waals surface area contributed by atoms with Crippen LogP contribution in [0.15, 0.2) is 0 Å². The van der Waals surface area contributed by atoms with Crippen molar-refractivity contribution in [1.82, 2.24) is 4.23 Å². The summed E-state index contributed by atoms with van der Waals surface area (Å²) in [6.07, 6.45) is 2.51. The van der Waals surface area contributed by atoms with Crippen molar-refractivity contribution in [2.24, 2.45) is 0 Å². The number of ether oxygens (including phenoxy) is 1. The van der Waals surface area contributed by atoms with Crippen LogP contribution in [0.5, 0.6) is 0 Å². The van der Waals surface area contributed by atoms with E-state index < -0.39 is 17.2 Å². The molecule has 1 fully saturated rings. The second-order valence-corrected chi connectivity index (χ2v) is 13.1. The third kappa shape index (κ3) is 3.20. The smallest absolute Gasteiger partial charge is 0.132 e. The molecule has 1 aliphatic heterocycles. The molecule has 0 aromatic carbocycles. The molecule has 0 aromatic heterocycles. The molecule has 0 bridgehead atoms. The van der Waals surface area contributed by atoms with E-state index in [2.05, 4.69) is 30.8 Å². The highest BCUT2D eigenvalue weighted by atomic mass is 28.4. The van der Waals surface area contributed by atoms with Crippen LogP contribution in [0.3, 0.4) is 0 Å². The van der Waals surface area contributed by atoms with Gasteiger partial charge in [0, 0.05) is 6.61 Å². The van der Waals surface area contributed by atoms with Crippen LogP contribution in [0.25, 0.3) is 0 Å². The van der Waals surface area contributed by atoms with Gasteiger partial charge in [-0.2, -0.15) is 0 Å². The van der Waals surface area contributed by atoms with Crippen molar-refractivity contribution in [2.45, 2.75) is 39.0 Å². The fourth-order valence-corrected chi connectivity index (χ4v) is 10.3. The molecular formula is C9H23NOSi2. The van der Waals surface area contributed by atoms with Crippen LogP contribution < -0.4 is 0 Å². The Morgan fingerprint density at radius 1 is 1.38 bits per heavy atom. The summed E-state index contributed by atoms with van der Waals surface area (Å²) in [6, 6.07) is 1.48. The third-order valence-corrected chi connectivity index (χ3v) is 11.0. The molecular weight excluding hydrogens is 194 g/mol. The fourth-order valence-electron chi connectivity index (χ4n) is 2.15. The molecule has 0 aliphatic carbocycles. The predicted octanol–water partition coefficient (Wildman–Crippen LogP) is 1.83. The maximum absolute atomic E-state index is 5.59. The summed E-state index contributed by atoms with van der Waals surface area (Å²) in [5.74, 6) is 0. The van der Waals surface area contributed by atoms with Gasteiger partial charge in [0.15, 0.2) is 0 Å². The Hall–Kier alpha value is 0.354. The summed E-state index contributed by atoms with van der Waals surface area (Å²) in [5, 5.41) is 0. The van der Waals surface area contributed by atoms with Crippen LogP contribution in [0.4, 0.5) is 0 Å². The van der Waals surface area contributed by atoms with Crippen molar-refractivity contribution in [3.05, 3.63) is 0 Å². The van der Waals surface area contributed by atoms with Crippen LogP contribution in [-0.4, -0.2) is 40.8 Å². The minimum Gasteiger partial charge on any atom is -0.384 e. The quantitative estimate of drug-likeness (QED) is 0.666. The van der Waals surface area contributed by atoms with Gasteiger partial charge in [0.2, 0.25) is 0 Å². The summed E-state index contributed by atoms with van der Waals surface area (Å²) in [5.41, 5.74) is 0. The lowest BCUT2D eigenvalue weighted by atomic mass is 10.5. The topological polar surface area (TPSA) is 12.5 Å². The van der Waals surface area contributed by atoms with Gasteiger partial charge in [-0.05, 0) is 25.9 Å². The van der Waals surface area contributed by atoms with E-state index in [4.69, 9.17) is 4.74 Å². The molecule has 1 unspecified atom stereocenters. The maximum atomic E-state index is 5.59. The van der Waals surface area contributed by atoms with E-state index in [0.29, 0.717) is 0 Å². The van der Waals surface area contributed by atoms with Crippen molar-refractivity contribution in [3.8, 4) is 0 Å². The van der Waals surface area contributed by atoms with Crippen LogP contribution in [-0.2, 0) is 4.74 Å². The first-order valence-corrected chi connectivity index (χ1v) is 11.0. The molecule has 0 aromatic rings. The van der Waals surface area contributed by atoms with E-state index in [9.17, 15) is 0 Å². The number of rotatable bonds is 4. The summed E-state index contributed by atoms with van der Waals surface area (Å²) in [7, 11) is -1.69. The minimum atomic E-state index is -1.02. The Morgan fingerprint density at radius 2 is 2.08 bits per heavy atom. The van der Waals surface area contributed by atoms with E-state index in [-0.39, 0.29) is 0 Å². The zero-order valence-electron chi connectivity index (χ0n) is 9.47. The first-order valence-electron chi connectivity index (χ1n) is 5.40. The van der Waals surface area contributed by atoms with E-state index in [1.54, 1.807) is 0 Å². The van der Waals surface area contributed by atoms with Gasteiger partial charge in [0.1, 0.15) is 17.2 Å². The standard InChI is InChI=1S/C9H23NOSi2/c1-5-11-9-12-8-6-7-10(12)13(2,3)4/h12H,5-9H2,1-4H3. The molecule has 0 radical (unpaired) electrons. The molecule has 1 rings (SSSR count). The van der Waals surface area contributed by atoms with Crippen LogP contribution in [0.1, 0.15) is 13.3 Å².